The first-order valence-corrected chi connectivity index (χ1v) is 8.19. The van der Waals surface area contributed by atoms with E-state index < -0.39 is 0 Å². The molecule has 7 heteroatoms. The lowest BCUT2D eigenvalue weighted by Crippen LogP contribution is -2.47. The van der Waals surface area contributed by atoms with Crippen LogP contribution in [0.25, 0.3) is 0 Å². The van der Waals surface area contributed by atoms with Crippen LogP contribution in [0.5, 0.6) is 0 Å². The maximum Gasteiger partial charge on any atom is 0.234 e. The van der Waals surface area contributed by atoms with Gasteiger partial charge in [-0.2, -0.15) is 10.5 Å². The molecule has 2 heterocycles. The fourth-order valence-corrected chi connectivity index (χ4v) is 3.00. The summed E-state index contributed by atoms with van der Waals surface area (Å²) in [5.74, 6) is 0.669. The molecule has 1 aliphatic carbocycles. The van der Waals surface area contributed by atoms with E-state index in [1.165, 1.54) is 6.20 Å². The largest absolute Gasteiger partial charge is 0.368 e. The van der Waals surface area contributed by atoms with Gasteiger partial charge in [-0.3, -0.25) is 9.69 Å². The molecule has 0 aromatic carbocycles. The van der Waals surface area contributed by atoms with Crippen LogP contribution in [0.15, 0.2) is 18.3 Å². The highest BCUT2D eigenvalue weighted by molar-refractivity contribution is 5.79. The van der Waals surface area contributed by atoms with Crippen molar-refractivity contribution in [2.75, 3.05) is 25.0 Å². The number of hydrogen-bond acceptors (Lipinski definition) is 6. The molecule has 0 spiro atoms. The Morgan fingerprint density at radius 3 is 2.88 bits per heavy atom. The van der Waals surface area contributed by atoms with Crippen molar-refractivity contribution in [3.8, 4) is 12.1 Å². The first kappa shape index (κ1) is 16.2. The van der Waals surface area contributed by atoms with Gasteiger partial charge in [0.15, 0.2) is 0 Å². The standard InChI is InChI=1S/C17H20N6O/c18-8-13-3-4-15(20-10-13)21-12-17(5-6-17)22-16(24)11-23-7-1-2-14(23)9-19/h3-4,10,14H,1-2,5-7,11-12H2,(H,20,21)(H,22,24)/t14-/m0/s1. The number of pyridine rings is 1. The van der Waals surface area contributed by atoms with E-state index >= 15 is 0 Å². The predicted molar refractivity (Wildman–Crippen MR) is 87.8 cm³/mol. The van der Waals surface area contributed by atoms with Crippen molar-refractivity contribution in [2.45, 2.75) is 37.3 Å². The summed E-state index contributed by atoms with van der Waals surface area (Å²) in [7, 11) is 0. The molecule has 24 heavy (non-hydrogen) atoms. The molecular weight excluding hydrogens is 304 g/mol. The van der Waals surface area contributed by atoms with Crippen molar-refractivity contribution >= 4 is 11.7 Å². The second-order valence-corrected chi connectivity index (χ2v) is 6.48. The molecule has 0 unspecified atom stereocenters. The summed E-state index contributed by atoms with van der Waals surface area (Å²) in [6.07, 6.45) is 5.21. The van der Waals surface area contributed by atoms with Crippen molar-refractivity contribution in [2.24, 2.45) is 0 Å². The predicted octanol–water partition coefficient (Wildman–Crippen LogP) is 1.00. The van der Waals surface area contributed by atoms with Gasteiger partial charge >= 0.3 is 0 Å². The Kier molecular flexibility index (Phi) is 4.64. The molecule has 2 fully saturated rings. The molecule has 3 rings (SSSR count). The molecule has 2 N–H and O–H groups in total. The van der Waals surface area contributed by atoms with Gasteiger partial charge in [-0.25, -0.2) is 4.98 Å². The first-order valence-electron chi connectivity index (χ1n) is 8.19. The van der Waals surface area contributed by atoms with Crippen LogP contribution >= 0.6 is 0 Å². The number of hydrogen-bond donors (Lipinski definition) is 2. The zero-order valence-corrected chi connectivity index (χ0v) is 13.5. The normalized spacial score (nSPS) is 21.5. The molecule has 1 aliphatic heterocycles. The molecule has 1 saturated carbocycles. The summed E-state index contributed by atoms with van der Waals surface area (Å²) in [6.45, 7) is 1.71. The average molecular weight is 324 g/mol. The van der Waals surface area contributed by atoms with Gasteiger partial charge in [0.1, 0.15) is 11.9 Å². The highest BCUT2D eigenvalue weighted by Gasteiger charge is 2.44. The van der Waals surface area contributed by atoms with E-state index in [0.29, 0.717) is 17.9 Å². The van der Waals surface area contributed by atoms with Gasteiger partial charge in [-0.15, -0.1) is 0 Å². The van der Waals surface area contributed by atoms with Crippen molar-refractivity contribution in [3.63, 3.8) is 0 Å². The Balaban J connectivity index is 1.48. The van der Waals surface area contributed by atoms with Crippen molar-refractivity contribution < 1.29 is 4.79 Å². The minimum Gasteiger partial charge on any atom is -0.368 e. The number of likely N-dealkylation sites (tertiary alicyclic amines) is 1. The molecule has 1 aromatic rings. The van der Waals surface area contributed by atoms with Crippen LogP contribution in [0.2, 0.25) is 0 Å². The first-order chi connectivity index (χ1) is 11.6. The molecule has 0 bridgehead atoms. The number of nitrogens with one attached hydrogen (secondary N) is 2. The molecule has 7 nitrogen and oxygen atoms in total. The van der Waals surface area contributed by atoms with E-state index in [-0.39, 0.29) is 24.0 Å². The SMILES string of the molecule is N#Cc1ccc(NCC2(NC(=O)CN3CCC[C@H]3C#N)CC2)nc1. The van der Waals surface area contributed by atoms with Crippen molar-refractivity contribution in [1.29, 1.82) is 10.5 Å². The minimum absolute atomic E-state index is 0.0239. The molecule has 0 radical (unpaired) electrons. The number of nitriles is 2. The van der Waals surface area contributed by atoms with Crippen LogP contribution in [0.4, 0.5) is 5.82 Å². The van der Waals surface area contributed by atoms with E-state index in [9.17, 15) is 4.79 Å². The number of carbonyl (C=O) groups is 1. The van der Waals surface area contributed by atoms with Gasteiger partial charge in [0, 0.05) is 19.3 Å². The van der Waals surface area contributed by atoms with Crippen LogP contribution in [0, 0.1) is 22.7 Å². The number of anilines is 1. The van der Waals surface area contributed by atoms with Crippen molar-refractivity contribution in [3.05, 3.63) is 23.9 Å². The molecule has 1 amide bonds. The maximum absolute atomic E-state index is 12.3. The Hall–Kier alpha value is -2.64. The summed E-state index contributed by atoms with van der Waals surface area (Å²) in [5.41, 5.74) is 0.307. The minimum atomic E-state index is -0.214. The second kappa shape index (κ2) is 6.86. The van der Waals surface area contributed by atoms with Crippen molar-refractivity contribution in [1.82, 2.24) is 15.2 Å². The summed E-state index contributed by atoms with van der Waals surface area (Å²) < 4.78 is 0. The fourth-order valence-electron chi connectivity index (χ4n) is 3.00. The van der Waals surface area contributed by atoms with E-state index in [2.05, 4.69) is 21.7 Å². The quantitative estimate of drug-likeness (QED) is 0.809. The summed E-state index contributed by atoms with van der Waals surface area (Å²) in [4.78, 5) is 18.4. The van der Waals surface area contributed by atoms with Gasteiger partial charge in [0.25, 0.3) is 0 Å². The highest BCUT2D eigenvalue weighted by atomic mass is 16.2. The Labute approximate surface area is 141 Å². The number of carbonyl (C=O) groups excluding carboxylic acids is 1. The van der Waals surface area contributed by atoms with Crippen LogP contribution in [-0.2, 0) is 4.79 Å². The summed E-state index contributed by atoms with van der Waals surface area (Å²) in [6, 6.07) is 7.63. The highest BCUT2D eigenvalue weighted by Crippen LogP contribution is 2.35. The third kappa shape index (κ3) is 3.81. The monoisotopic (exact) mass is 324 g/mol. The van der Waals surface area contributed by atoms with Gasteiger partial charge in [0.05, 0.1) is 29.8 Å². The van der Waals surface area contributed by atoms with Crippen LogP contribution < -0.4 is 10.6 Å². The molecule has 1 saturated heterocycles. The van der Waals surface area contributed by atoms with Gasteiger partial charge in [-0.1, -0.05) is 0 Å². The molecule has 1 aromatic heterocycles. The molecule has 124 valence electrons. The average Bonchev–Trinajstić information content (AvgIpc) is 3.21. The molecule has 2 aliphatic rings. The zero-order valence-electron chi connectivity index (χ0n) is 13.5. The van der Waals surface area contributed by atoms with E-state index in [1.807, 2.05) is 11.0 Å². The topological polar surface area (TPSA) is 105 Å². The number of nitrogens with zero attached hydrogens (tertiary/aromatic N) is 4. The second-order valence-electron chi connectivity index (χ2n) is 6.48. The van der Waals surface area contributed by atoms with Gasteiger partial charge < -0.3 is 10.6 Å². The lowest BCUT2D eigenvalue weighted by Gasteiger charge is -2.22. The van der Waals surface area contributed by atoms with Crippen LogP contribution in [-0.4, -0.2) is 47.0 Å². The third-order valence-electron chi connectivity index (χ3n) is 4.62. The third-order valence-corrected chi connectivity index (χ3v) is 4.62. The Bertz CT molecular complexity index is 683. The van der Waals surface area contributed by atoms with E-state index in [1.54, 1.807) is 12.1 Å². The van der Waals surface area contributed by atoms with Crippen LogP contribution in [0.1, 0.15) is 31.2 Å². The fraction of sp³-hybridized carbons (Fsp3) is 0.529. The number of aromatic nitrogens is 1. The Morgan fingerprint density at radius 2 is 2.25 bits per heavy atom. The number of amides is 1. The van der Waals surface area contributed by atoms with Gasteiger partial charge in [0.2, 0.25) is 5.91 Å². The van der Waals surface area contributed by atoms with E-state index in [0.717, 1.165) is 32.2 Å². The summed E-state index contributed by atoms with van der Waals surface area (Å²) in [5, 5.41) is 24.2. The molecular formula is C17H20N6O. The molecule has 1 atom stereocenters. The zero-order chi connectivity index (χ0) is 17.0. The summed E-state index contributed by atoms with van der Waals surface area (Å²) >= 11 is 0. The smallest absolute Gasteiger partial charge is 0.234 e. The van der Waals surface area contributed by atoms with Crippen LogP contribution in [0.3, 0.4) is 0 Å². The van der Waals surface area contributed by atoms with Gasteiger partial charge in [-0.05, 0) is 37.8 Å². The van der Waals surface area contributed by atoms with E-state index in [4.69, 9.17) is 10.5 Å². The number of rotatable bonds is 6. The lowest BCUT2D eigenvalue weighted by molar-refractivity contribution is -0.123. The maximum atomic E-state index is 12.3. The Morgan fingerprint density at radius 1 is 1.42 bits per heavy atom. The lowest BCUT2D eigenvalue weighted by atomic mass is 10.2.